The van der Waals surface area contributed by atoms with E-state index in [0.717, 1.165) is 0 Å². The van der Waals surface area contributed by atoms with E-state index >= 15 is 0 Å². The van der Waals surface area contributed by atoms with Gasteiger partial charge in [-0.25, -0.2) is 4.57 Å². The van der Waals surface area contributed by atoms with Gasteiger partial charge in [-0.05, 0) is 25.5 Å². The van der Waals surface area contributed by atoms with Crippen LogP contribution in [0.3, 0.4) is 0 Å². The molecule has 20 heavy (non-hydrogen) atoms. The minimum absolute atomic E-state index is 0.0746. The van der Waals surface area contributed by atoms with Crippen molar-refractivity contribution in [1.29, 1.82) is 0 Å². The number of nitrogens with zero attached hydrogens (tertiary/aromatic N) is 1. The zero-order valence-electron chi connectivity index (χ0n) is 11.1. The molecular weight excluding hydrogens is 353 g/mol. The number of phosphoric acid groups is 1. The first-order valence-corrected chi connectivity index (χ1v) is 8.13. The van der Waals surface area contributed by atoms with Gasteiger partial charge in [-0.3, -0.25) is 23.7 Å². The van der Waals surface area contributed by atoms with E-state index in [1.807, 2.05) is 0 Å². The summed E-state index contributed by atoms with van der Waals surface area (Å²) in [6, 6.07) is 4.23. The Labute approximate surface area is 125 Å². The van der Waals surface area contributed by atoms with Gasteiger partial charge in [0, 0.05) is 16.6 Å². The molecule has 0 unspecified atom stereocenters. The number of hydrogen-bond acceptors (Lipinski definition) is 6. The van der Waals surface area contributed by atoms with Crippen LogP contribution in [0.15, 0.2) is 22.7 Å². The fraction of sp³-hybridized carbons (Fsp3) is 0.455. The van der Waals surface area contributed by atoms with Crippen LogP contribution in [0.2, 0.25) is 0 Å². The lowest BCUT2D eigenvalue weighted by atomic mass is 10.2. The average Bonchev–Trinajstić information content (AvgIpc) is 2.38. The minimum Gasteiger partial charge on any atom is -0.287 e. The lowest BCUT2D eigenvalue weighted by Crippen LogP contribution is -2.01. The molecule has 0 heterocycles. The van der Waals surface area contributed by atoms with Gasteiger partial charge in [-0.2, -0.15) is 0 Å². The van der Waals surface area contributed by atoms with Gasteiger partial charge >= 0.3 is 7.82 Å². The number of hydrogen-bond donors (Lipinski definition) is 0. The molecule has 7 nitrogen and oxygen atoms in total. The molecule has 0 amide bonds. The van der Waals surface area contributed by atoms with E-state index in [9.17, 15) is 14.7 Å². The van der Waals surface area contributed by atoms with Crippen LogP contribution in [-0.4, -0.2) is 18.1 Å². The molecule has 0 N–H and O–H groups in total. The Morgan fingerprint density at radius 3 is 2.35 bits per heavy atom. The Bertz CT molecular complexity index is 514. The number of benzene rings is 1. The molecule has 1 aromatic rings. The summed E-state index contributed by atoms with van der Waals surface area (Å²) in [5, 5.41) is 10.7. The lowest BCUT2D eigenvalue weighted by Gasteiger charge is -2.16. The zero-order valence-corrected chi connectivity index (χ0v) is 13.6. The molecule has 0 bridgehead atoms. The maximum absolute atomic E-state index is 12.1. The average molecular weight is 368 g/mol. The zero-order chi connectivity index (χ0) is 15.2. The van der Waals surface area contributed by atoms with Crippen LogP contribution in [0.25, 0.3) is 0 Å². The molecule has 0 radical (unpaired) electrons. The summed E-state index contributed by atoms with van der Waals surface area (Å²) in [7, 11) is -3.63. The molecule has 0 spiro atoms. The van der Waals surface area contributed by atoms with Crippen LogP contribution in [-0.2, 0) is 24.7 Å². The molecule has 0 aromatic heterocycles. The maximum Gasteiger partial charge on any atom is 0.475 e. The number of nitro benzene ring substituents is 1. The SMILES string of the molecule is CCOP(=O)(OCC)OCc1cc([N+](=O)[O-])ccc1Br. The van der Waals surface area contributed by atoms with Gasteiger partial charge in [0.25, 0.3) is 5.69 Å². The van der Waals surface area contributed by atoms with Gasteiger partial charge in [0.1, 0.15) is 0 Å². The topological polar surface area (TPSA) is 87.9 Å². The summed E-state index contributed by atoms with van der Waals surface area (Å²) in [6.07, 6.45) is 0. The van der Waals surface area contributed by atoms with E-state index in [2.05, 4.69) is 15.9 Å². The van der Waals surface area contributed by atoms with Gasteiger partial charge in [-0.15, -0.1) is 0 Å². The highest BCUT2D eigenvalue weighted by molar-refractivity contribution is 9.10. The van der Waals surface area contributed by atoms with Gasteiger partial charge in [-0.1, -0.05) is 15.9 Å². The second kappa shape index (κ2) is 7.85. The lowest BCUT2D eigenvalue weighted by molar-refractivity contribution is -0.385. The van der Waals surface area contributed by atoms with Crippen molar-refractivity contribution < 1.29 is 23.1 Å². The van der Waals surface area contributed by atoms with Crippen molar-refractivity contribution >= 4 is 29.4 Å². The molecule has 0 fully saturated rings. The van der Waals surface area contributed by atoms with E-state index in [-0.39, 0.29) is 25.5 Å². The Morgan fingerprint density at radius 2 is 1.85 bits per heavy atom. The normalized spacial score (nSPS) is 11.6. The molecule has 0 saturated carbocycles. The monoisotopic (exact) mass is 367 g/mol. The summed E-state index contributed by atoms with van der Waals surface area (Å²) in [6.45, 7) is 3.55. The third kappa shape index (κ3) is 4.96. The second-order valence-corrected chi connectivity index (χ2v) is 6.11. The first kappa shape index (κ1) is 17.3. The first-order chi connectivity index (χ1) is 9.41. The van der Waals surface area contributed by atoms with Crippen molar-refractivity contribution in [3.63, 3.8) is 0 Å². The van der Waals surface area contributed by atoms with Crippen LogP contribution in [0.5, 0.6) is 0 Å². The fourth-order valence-corrected chi connectivity index (χ4v) is 2.88. The predicted molar refractivity (Wildman–Crippen MR) is 76.4 cm³/mol. The van der Waals surface area contributed by atoms with E-state index in [1.165, 1.54) is 18.2 Å². The number of halogens is 1. The van der Waals surface area contributed by atoms with Gasteiger partial charge < -0.3 is 0 Å². The molecule has 112 valence electrons. The molecule has 9 heteroatoms. The first-order valence-electron chi connectivity index (χ1n) is 5.88. The largest absolute Gasteiger partial charge is 0.475 e. The van der Waals surface area contributed by atoms with E-state index in [0.29, 0.717) is 10.0 Å². The predicted octanol–water partition coefficient (Wildman–Crippen LogP) is 4.06. The molecular formula is C11H15BrNO6P. The molecule has 0 aliphatic heterocycles. The summed E-state index contributed by atoms with van der Waals surface area (Å²) in [5.41, 5.74) is 0.410. The number of nitro groups is 1. The smallest absolute Gasteiger partial charge is 0.287 e. The summed E-state index contributed by atoms with van der Waals surface area (Å²) < 4.78 is 27.8. The fourth-order valence-electron chi connectivity index (χ4n) is 1.36. The Kier molecular flexibility index (Phi) is 6.78. The number of rotatable bonds is 8. The Hall–Kier alpha value is -0.790. The van der Waals surface area contributed by atoms with Gasteiger partial charge in [0.2, 0.25) is 0 Å². The van der Waals surface area contributed by atoms with E-state index in [4.69, 9.17) is 13.6 Å². The van der Waals surface area contributed by atoms with E-state index < -0.39 is 12.7 Å². The second-order valence-electron chi connectivity index (χ2n) is 3.59. The van der Waals surface area contributed by atoms with Crippen LogP contribution < -0.4 is 0 Å². The Balaban J connectivity index is 2.84. The molecule has 1 rings (SSSR count). The number of non-ortho nitro benzene ring substituents is 1. The summed E-state index contributed by atoms with van der Waals surface area (Å²) in [5.74, 6) is 0. The molecule has 0 aliphatic rings. The van der Waals surface area contributed by atoms with Crippen molar-refractivity contribution in [1.82, 2.24) is 0 Å². The third-order valence-corrected chi connectivity index (χ3v) is 4.56. The van der Waals surface area contributed by atoms with Crippen molar-refractivity contribution in [3.8, 4) is 0 Å². The van der Waals surface area contributed by atoms with Crippen LogP contribution >= 0.6 is 23.8 Å². The maximum atomic E-state index is 12.1. The van der Waals surface area contributed by atoms with Crippen LogP contribution in [0, 0.1) is 10.1 Å². The van der Waals surface area contributed by atoms with Crippen molar-refractivity contribution in [2.24, 2.45) is 0 Å². The van der Waals surface area contributed by atoms with Gasteiger partial charge in [0.05, 0.1) is 24.7 Å². The van der Waals surface area contributed by atoms with Crippen molar-refractivity contribution in [3.05, 3.63) is 38.3 Å². The number of phosphoric ester groups is 1. The highest BCUT2D eigenvalue weighted by Crippen LogP contribution is 2.50. The molecule has 1 aromatic carbocycles. The minimum atomic E-state index is -3.63. The van der Waals surface area contributed by atoms with Gasteiger partial charge in [0.15, 0.2) is 0 Å². The van der Waals surface area contributed by atoms with Crippen molar-refractivity contribution in [2.45, 2.75) is 20.5 Å². The summed E-state index contributed by atoms with van der Waals surface area (Å²) >= 11 is 3.25. The van der Waals surface area contributed by atoms with Crippen LogP contribution in [0.1, 0.15) is 19.4 Å². The van der Waals surface area contributed by atoms with Crippen LogP contribution in [0.4, 0.5) is 5.69 Å². The highest BCUT2D eigenvalue weighted by Gasteiger charge is 2.26. The highest BCUT2D eigenvalue weighted by atomic mass is 79.9. The van der Waals surface area contributed by atoms with Crippen molar-refractivity contribution in [2.75, 3.05) is 13.2 Å². The standard InChI is InChI=1S/C11H15BrNO6P/c1-3-17-20(16,18-4-2)19-8-9-7-10(13(14)15)5-6-11(9)12/h5-7H,3-4,8H2,1-2H3. The van der Waals surface area contributed by atoms with E-state index in [1.54, 1.807) is 13.8 Å². The molecule has 0 aliphatic carbocycles. The molecule has 0 atom stereocenters. The third-order valence-electron chi connectivity index (χ3n) is 2.19. The quantitative estimate of drug-likeness (QED) is 0.391. The molecule has 0 saturated heterocycles. The summed E-state index contributed by atoms with van der Waals surface area (Å²) in [4.78, 5) is 10.2. The Morgan fingerprint density at radius 1 is 1.25 bits per heavy atom.